The zero-order valence-electron chi connectivity index (χ0n) is 28.2. The molecule has 0 saturated heterocycles. The second kappa shape index (κ2) is 10.2. The molecular formula is C51H30O. The Morgan fingerprint density at radius 1 is 0.308 bits per heavy atom. The van der Waals surface area contributed by atoms with Gasteiger partial charge in [-0.15, -0.1) is 0 Å². The molecule has 52 heavy (non-hydrogen) atoms. The van der Waals surface area contributed by atoms with E-state index in [1.165, 1.54) is 88.3 Å². The van der Waals surface area contributed by atoms with E-state index in [1.807, 2.05) is 0 Å². The molecule has 0 amide bonds. The van der Waals surface area contributed by atoms with Gasteiger partial charge in [0.15, 0.2) is 0 Å². The van der Waals surface area contributed by atoms with Crippen LogP contribution in [0.25, 0.3) is 88.0 Å². The molecule has 0 fully saturated rings. The van der Waals surface area contributed by atoms with E-state index in [9.17, 15) is 0 Å². The molecule has 0 saturated carbocycles. The highest BCUT2D eigenvalue weighted by molar-refractivity contribution is 6.11. The van der Waals surface area contributed by atoms with Crippen molar-refractivity contribution in [2.45, 2.75) is 5.41 Å². The van der Waals surface area contributed by atoms with Crippen molar-refractivity contribution >= 4 is 43.5 Å². The first-order chi connectivity index (χ1) is 25.8. The zero-order valence-corrected chi connectivity index (χ0v) is 28.2. The molecule has 1 spiro atoms. The van der Waals surface area contributed by atoms with Gasteiger partial charge in [0.05, 0.1) is 5.41 Å². The van der Waals surface area contributed by atoms with Crippen molar-refractivity contribution in [1.82, 2.24) is 0 Å². The van der Waals surface area contributed by atoms with Gasteiger partial charge in [-0.25, -0.2) is 0 Å². The van der Waals surface area contributed by atoms with Crippen molar-refractivity contribution in [1.29, 1.82) is 0 Å². The summed E-state index contributed by atoms with van der Waals surface area (Å²) in [6.07, 6.45) is 0. The average Bonchev–Trinajstić information content (AvgIpc) is 3.83. The lowest BCUT2D eigenvalue weighted by molar-refractivity contribution is 0.669. The second-order valence-electron chi connectivity index (χ2n) is 14.4. The summed E-state index contributed by atoms with van der Waals surface area (Å²) >= 11 is 0. The highest BCUT2D eigenvalue weighted by Crippen LogP contribution is 2.64. The molecule has 1 heterocycles. The van der Waals surface area contributed by atoms with Crippen LogP contribution < -0.4 is 0 Å². The fourth-order valence-electron chi connectivity index (χ4n) is 9.61. The smallest absolute Gasteiger partial charge is 0.136 e. The summed E-state index contributed by atoms with van der Waals surface area (Å²) < 4.78 is 6.27. The molecule has 0 radical (unpaired) electrons. The lowest BCUT2D eigenvalue weighted by Crippen LogP contribution is -2.26. The van der Waals surface area contributed by atoms with Crippen LogP contribution in [0.4, 0.5) is 0 Å². The quantitative estimate of drug-likeness (QED) is 0.180. The molecule has 0 unspecified atom stereocenters. The van der Waals surface area contributed by atoms with E-state index in [1.54, 1.807) is 0 Å². The lowest BCUT2D eigenvalue weighted by atomic mass is 9.69. The van der Waals surface area contributed by atoms with Crippen LogP contribution >= 0.6 is 0 Å². The van der Waals surface area contributed by atoms with Crippen molar-refractivity contribution in [3.63, 3.8) is 0 Å². The molecule has 2 aliphatic rings. The molecular weight excluding hydrogens is 629 g/mol. The van der Waals surface area contributed by atoms with Crippen molar-refractivity contribution in [2.24, 2.45) is 0 Å². The van der Waals surface area contributed by atoms with Gasteiger partial charge in [0, 0.05) is 10.8 Å². The lowest BCUT2D eigenvalue weighted by Gasteiger charge is -2.31. The average molecular weight is 659 g/mol. The van der Waals surface area contributed by atoms with Crippen molar-refractivity contribution in [2.75, 3.05) is 0 Å². The van der Waals surface area contributed by atoms with E-state index in [-0.39, 0.29) is 5.41 Å². The van der Waals surface area contributed by atoms with Gasteiger partial charge in [-0.05, 0) is 119 Å². The van der Waals surface area contributed by atoms with Crippen molar-refractivity contribution < 1.29 is 4.42 Å². The first-order valence-electron chi connectivity index (χ1n) is 18.1. The van der Waals surface area contributed by atoms with Crippen LogP contribution in [0.1, 0.15) is 22.3 Å². The van der Waals surface area contributed by atoms with E-state index in [2.05, 4.69) is 182 Å². The Bertz CT molecular complexity index is 3060. The van der Waals surface area contributed by atoms with Crippen molar-refractivity contribution in [3.8, 4) is 44.5 Å². The van der Waals surface area contributed by atoms with Gasteiger partial charge in [0.25, 0.3) is 0 Å². The fourth-order valence-corrected chi connectivity index (χ4v) is 9.61. The molecule has 10 aromatic rings. The fraction of sp³-hybridized carbons (Fsp3) is 0.0196. The molecule has 1 nitrogen and oxygen atoms in total. The predicted octanol–water partition coefficient (Wildman–Crippen LogP) is 13.6. The third-order valence-corrected chi connectivity index (χ3v) is 11.9. The van der Waals surface area contributed by atoms with Crippen LogP contribution in [-0.4, -0.2) is 0 Å². The summed E-state index contributed by atoms with van der Waals surface area (Å²) in [4.78, 5) is 0. The standard InChI is InChI=1S/C51H30O/c1-2-10-34-30-49-44(28-33(34)9-1)43-29-36(23-26-48(43)52-49)32-19-17-31(18-20-32)35-21-24-38-37(27-35)22-25-42-41-13-5-8-16-47(41)51(50(38)42)45-14-6-3-11-39(45)40-12-4-7-15-46(40)51/h1-30H. The Labute approximate surface area is 301 Å². The Kier molecular flexibility index (Phi) is 5.49. The maximum absolute atomic E-state index is 6.27. The Morgan fingerprint density at radius 3 is 1.50 bits per heavy atom. The summed E-state index contributed by atoms with van der Waals surface area (Å²) in [5, 5.41) is 7.31. The minimum Gasteiger partial charge on any atom is -0.456 e. The minimum absolute atomic E-state index is 0.351. The third-order valence-electron chi connectivity index (χ3n) is 11.9. The van der Waals surface area contributed by atoms with Crippen LogP contribution in [0.5, 0.6) is 0 Å². The maximum Gasteiger partial charge on any atom is 0.136 e. The topological polar surface area (TPSA) is 13.1 Å². The number of furan rings is 1. The molecule has 1 heteroatoms. The largest absolute Gasteiger partial charge is 0.456 e. The monoisotopic (exact) mass is 658 g/mol. The second-order valence-corrected chi connectivity index (χ2v) is 14.4. The molecule has 240 valence electrons. The molecule has 0 bridgehead atoms. The number of hydrogen-bond donors (Lipinski definition) is 0. The van der Waals surface area contributed by atoms with E-state index in [0.29, 0.717) is 0 Å². The number of rotatable bonds is 2. The van der Waals surface area contributed by atoms with Gasteiger partial charge in [0.2, 0.25) is 0 Å². The molecule has 12 rings (SSSR count). The van der Waals surface area contributed by atoms with Crippen LogP contribution in [-0.2, 0) is 5.41 Å². The Hall–Kier alpha value is -6.70. The van der Waals surface area contributed by atoms with Crippen LogP contribution in [0.2, 0.25) is 0 Å². The van der Waals surface area contributed by atoms with Crippen LogP contribution in [0.3, 0.4) is 0 Å². The van der Waals surface area contributed by atoms with E-state index >= 15 is 0 Å². The van der Waals surface area contributed by atoms with Gasteiger partial charge >= 0.3 is 0 Å². The first kappa shape index (κ1) is 28.0. The van der Waals surface area contributed by atoms with Crippen LogP contribution in [0, 0.1) is 0 Å². The molecule has 0 atom stereocenters. The highest BCUT2D eigenvalue weighted by atomic mass is 16.3. The zero-order chi connectivity index (χ0) is 34.0. The summed E-state index contributed by atoms with van der Waals surface area (Å²) in [5.41, 5.74) is 17.2. The third kappa shape index (κ3) is 3.62. The number of benzene rings is 9. The summed E-state index contributed by atoms with van der Waals surface area (Å²) in [6, 6.07) is 67.3. The Balaban J connectivity index is 0.975. The molecule has 2 aliphatic carbocycles. The molecule has 0 N–H and O–H groups in total. The maximum atomic E-state index is 6.27. The van der Waals surface area contributed by atoms with Gasteiger partial charge in [-0.2, -0.15) is 0 Å². The number of hydrogen-bond acceptors (Lipinski definition) is 1. The first-order valence-corrected chi connectivity index (χ1v) is 18.1. The van der Waals surface area contributed by atoms with E-state index in [0.717, 1.165) is 21.9 Å². The molecule has 9 aromatic carbocycles. The van der Waals surface area contributed by atoms with Gasteiger partial charge in [-0.1, -0.05) is 152 Å². The van der Waals surface area contributed by atoms with Crippen molar-refractivity contribution in [3.05, 3.63) is 204 Å². The normalized spacial score (nSPS) is 13.5. The summed E-state index contributed by atoms with van der Waals surface area (Å²) in [5.74, 6) is 0. The minimum atomic E-state index is -0.351. The molecule has 1 aromatic heterocycles. The predicted molar refractivity (Wildman–Crippen MR) is 216 cm³/mol. The van der Waals surface area contributed by atoms with Crippen LogP contribution in [0.15, 0.2) is 186 Å². The van der Waals surface area contributed by atoms with E-state index in [4.69, 9.17) is 4.42 Å². The highest BCUT2D eigenvalue weighted by Gasteiger charge is 2.52. The van der Waals surface area contributed by atoms with Gasteiger partial charge in [0.1, 0.15) is 11.2 Å². The summed E-state index contributed by atoms with van der Waals surface area (Å²) in [7, 11) is 0. The van der Waals surface area contributed by atoms with Gasteiger partial charge < -0.3 is 4.42 Å². The SMILES string of the molecule is c1ccc2c(c1)-c1ccccc1C21c2ccccc2-c2ccc3cc(-c4ccc(-c5ccc6oc7cc8ccccc8cc7c6c5)cc4)ccc3c21. The molecule has 0 aliphatic heterocycles. The summed E-state index contributed by atoms with van der Waals surface area (Å²) in [6.45, 7) is 0. The Morgan fingerprint density at radius 2 is 0.827 bits per heavy atom. The number of fused-ring (bicyclic) bond motifs is 16. The van der Waals surface area contributed by atoms with E-state index < -0.39 is 0 Å². The van der Waals surface area contributed by atoms with Gasteiger partial charge in [-0.3, -0.25) is 0 Å².